The first-order chi connectivity index (χ1) is 10.2. The third-order valence-electron chi connectivity index (χ3n) is 2.90. The SMILES string of the molecule is COCCCCOc1cn(-c2ccccc2)nc1C(=O)O. The maximum absolute atomic E-state index is 11.2. The van der Waals surface area contributed by atoms with E-state index in [-0.39, 0.29) is 11.4 Å². The number of carboxylic acids is 1. The Kier molecular flexibility index (Phi) is 5.34. The Morgan fingerprint density at radius 3 is 2.62 bits per heavy atom. The molecule has 0 fully saturated rings. The van der Waals surface area contributed by atoms with Crippen molar-refractivity contribution in [1.82, 2.24) is 9.78 Å². The van der Waals surface area contributed by atoms with E-state index in [4.69, 9.17) is 9.47 Å². The van der Waals surface area contributed by atoms with Gasteiger partial charge in [0.2, 0.25) is 5.69 Å². The second kappa shape index (κ2) is 7.44. The Balaban J connectivity index is 2.09. The van der Waals surface area contributed by atoms with Crippen LogP contribution in [-0.2, 0) is 4.74 Å². The van der Waals surface area contributed by atoms with Crippen LogP contribution < -0.4 is 4.74 Å². The molecule has 2 rings (SSSR count). The summed E-state index contributed by atoms with van der Waals surface area (Å²) in [6.07, 6.45) is 3.25. The molecule has 6 heteroatoms. The van der Waals surface area contributed by atoms with Crippen molar-refractivity contribution in [3.8, 4) is 11.4 Å². The van der Waals surface area contributed by atoms with Crippen LogP contribution in [0.1, 0.15) is 23.3 Å². The highest BCUT2D eigenvalue weighted by molar-refractivity contribution is 5.88. The number of methoxy groups -OCH3 is 1. The number of aromatic nitrogens is 2. The average molecular weight is 290 g/mol. The van der Waals surface area contributed by atoms with Crippen molar-refractivity contribution in [2.24, 2.45) is 0 Å². The molecule has 2 aromatic rings. The highest BCUT2D eigenvalue weighted by atomic mass is 16.5. The quantitative estimate of drug-likeness (QED) is 0.756. The van der Waals surface area contributed by atoms with Crippen molar-refractivity contribution in [3.63, 3.8) is 0 Å². The Labute approximate surface area is 122 Å². The van der Waals surface area contributed by atoms with E-state index in [1.54, 1.807) is 13.3 Å². The Bertz CT molecular complexity index is 581. The number of para-hydroxylation sites is 1. The number of nitrogens with zero attached hydrogens (tertiary/aromatic N) is 2. The van der Waals surface area contributed by atoms with Crippen LogP contribution in [0.15, 0.2) is 36.5 Å². The summed E-state index contributed by atoms with van der Waals surface area (Å²) in [6.45, 7) is 1.10. The van der Waals surface area contributed by atoms with Gasteiger partial charge in [-0.15, -0.1) is 0 Å². The summed E-state index contributed by atoms with van der Waals surface area (Å²) in [4.78, 5) is 11.2. The topological polar surface area (TPSA) is 73.6 Å². The zero-order chi connectivity index (χ0) is 15.1. The second-order valence-corrected chi connectivity index (χ2v) is 4.48. The number of carbonyl (C=O) groups is 1. The van der Waals surface area contributed by atoms with Crippen molar-refractivity contribution >= 4 is 5.97 Å². The van der Waals surface area contributed by atoms with Gasteiger partial charge in [-0.3, -0.25) is 0 Å². The van der Waals surface area contributed by atoms with Crippen LogP contribution >= 0.6 is 0 Å². The van der Waals surface area contributed by atoms with E-state index < -0.39 is 5.97 Å². The molecule has 0 saturated heterocycles. The van der Waals surface area contributed by atoms with Gasteiger partial charge in [0.1, 0.15) is 0 Å². The first-order valence-electron chi connectivity index (χ1n) is 6.72. The number of aromatic carboxylic acids is 1. The number of ether oxygens (including phenoxy) is 2. The van der Waals surface area contributed by atoms with Gasteiger partial charge in [-0.1, -0.05) is 18.2 Å². The van der Waals surface area contributed by atoms with Gasteiger partial charge in [0, 0.05) is 13.7 Å². The van der Waals surface area contributed by atoms with Crippen molar-refractivity contribution in [2.45, 2.75) is 12.8 Å². The molecule has 1 heterocycles. The van der Waals surface area contributed by atoms with E-state index in [1.807, 2.05) is 30.3 Å². The van der Waals surface area contributed by atoms with Gasteiger partial charge < -0.3 is 14.6 Å². The Morgan fingerprint density at radius 1 is 1.24 bits per heavy atom. The first-order valence-corrected chi connectivity index (χ1v) is 6.72. The standard InChI is InChI=1S/C15H18N2O4/c1-20-9-5-6-10-21-13-11-17(16-14(13)15(18)19)12-7-3-2-4-8-12/h2-4,7-8,11H,5-6,9-10H2,1H3,(H,18,19). The lowest BCUT2D eigenvalue weighted by Gasteiger charge is -2.03. The lowest BCUT2D eigenvalue weighted by Crippen LogP contribution is -2.04. The molecule has 0 aliphatic heterocycles. The maximum atomic E-state index is 11.2. The number of carboxylic acid groups (broad SMARTS) is 1. The zero-order valence-electron chi connectivity index (χ0n) is 11.9. The molecule has 0 saturated carbocycles. The van der Waals surface area contributed by atoms with Crippen molar-refractivity contribution in [1.29, 1.82) is 0 Å². The van der Waals surface area contributed by atoms with E-state index in [2.05, 4.69) is 5.10 Å². The van der Waals surface area contributed by atoms with Gasteiger partial charge in [-0.2, -0.15) is 5.10 Å². The molecule has 0 unspecified atom stereocenters. The average Bonchev–Trinajstić information content (AvgIpc) is 2.92. The van der Waals surface area contributed by atoms with Crippen LogP contribution in [0, 0.1) is 0 Å². The van der Waals surface area contributed by atoms with Crippen molar-refractivity contribution in [3.05, 3.63) is 42.2 Å². The minimum Gasteiger partial charge on any atom is -0.489 e. The minimum atomic E-state index is -1.10. The zero-order valence-corrected chi connectivity index (χ0v) is 11.9. The molecule has 0 aliphatic rings. The molecule has 0 aliphatic carbocycles. The fraction of sp³-hybridized carbons (Fsp3) is 0.333. The molecular weight excluding hydrogens is 272 g/mol. The normalized spacial score (nSPS) is 10.5. The van der Waals surface area contributed by atoms with Gasteiger partial charge in [0.05, 0.1) is 18.5 Å². The fourth-order valence-electron chi connectivity index (χ4n) is 1.86. The summed E-state index contributed by atoms with van der Waals surface area (Å²) >= 11 is 0. The molecule has 112 valence electrons. The summed E-state index contributed by atoms with van der Waals surface area (Å²) in [7, 11) is 1.65. The monoisotopic (exact) mass is 290 g/mol. The molecule has 0 amide bonds. The number of rotatable bonds is 8. The summed E-state index contributed by atoms with van der Waals surface area (Å²) in [5.41, 5.74) is 0.708. The molecule has 0 bridgehead atoms. The lowest BCUT2D eigenvalue weighted by molar-refractivity contribution is 0.0685. The molecule has 0 spiro atoms. The summed E-state index contributed by atoms with van der Waals surface area (Å²) in [6, 6.07) is 9.31. The molecule has 0 radical (unpaired) electrons. The highest BCUT2D eigenvalue weighted by Gasteiger charge is 2.17. The fourth-order valence-corrected chi connectivity index (χ4v) is 1.86. The van der Waals surface area contributed by atoms with Gasteiger partial charge >= 0.3 is 5.97 Å². The predicted octanol–water partition coefficient (Wildman–Crippen LogP) is 2.38. The number of hydrogen-bond acceptors (Lipinski definition) is 4. The third kappa shape index (κ3) is 4.06. The molecule has 6 nitrogen and oxygen atoms in total. The van der Waals surface area contributed by atoms with Gasteiger partial charge in [-0.25, -0.2) is 9.48 Å². The van der Waals surface area contributed by atoms with E-state index in [0.717, 1.165) is 18.5 Å². The predicted molar refractivity (Wildman–Crippen MR) is 77.1 cm³/mol. The van der Waals surface area contributed by atoms with Gasteiger partial charge in [-0.05, 0) is 25.0 Å². The van der Waals surface area contributed by atoms with E-state index in [0.29, 0.717) is 13.2 Å². The minimum absolute atomic E-state index is 0.0782. The smallest absolute Gasteiger partial charge is 0.360 e. The summed E-state index contributed by atoms with van der Waals surface area (Å²) in [5, 5.41) is 13.3. The Morgan fingerprint density at radius 2 is 1.95 bits per heavy atom. The molecule has 1 N–H and O–H groups in total. The summed E-state index contributed by atoms with van der Waals surface area (Å²) in [5.74, 6) is -0.819. The van der Waals surface area contributed by atoms with Gasteiger partial charge in [0.25, 0.3) is 0 Å². The largest absolute Gasteiger partial charge is 0.489 e. The molecule has 1 aromatic carbocycles. The van der Waals surface area contributed by atoms with Crippen LogP contribution in [0.5, 0.6) is 5.75 Å². The van der Waals surface area contributed by atoms with Crippen LogP contribution in [0.2, 0.25) is 0 Å². The molecule has 21 heavy (non-hydrogen) atoms. The molecule has 1 aromatic heterocycles. The van der Waals surface area contributed by atoms with E-state index in [1.165, 1.54) is 4.68 Å². The Hall–Kier alpha value is -2.34. The molecule has 0 atom stereocenters. The highest BCUT2D eigenvalue weighted by Crippen LogP contribution is 2.20. The van der Waals surface area contributed by atoms with Crippen LogP contribution in [-0.4, -0.2) is 41.2 Å². The number of unbranched alkanes of at least 4 members (excludes halogenated alkanes) is 1. The lowest BCUT2D eigenvalue weighted by atomic mass is 10.3. The summed E-state index contributed by atoms with van der Waals surface area (Å²) < 4.78 is 12.0. The van der Waals surface area contributed by atoms with Crippen molar-refractivity contribution < 1.29 is 19.4 Å². The first kappa shape index (κ1) is 15.1. The maximum Gasteiger partial charge on any atom is 0.360 e. The van der Waals surface area contributed by atoms with E-state index in [9.17, 15) is 9.90 Å². The van der Waals surface area contributed by atoms with Crippen molar-refractivity contribution in [2.75, 3.05) is 20.3 Å². The van der Waals surface area contributed by atoms with E-state index >= 15 is 0 Å². The van der Waals surface area contributed by atoms with Crippen LogP contribution in [0.25, 0.3) is 5.69 Å². The third-order valence-corrected chi connectivity index (χ3v) is 2.90. The number of benzene rings is 1. The van der Waals surface area contributed by atoms with Gasteiger partial charge in [0.15, 0.2) is 5.75 Å². The second-order valence-electron chi connectivity index (χ2n) is 4.48. The van der Waals surface area contributed by atoms with Crippen LogP contribution in [0.3, 0.4) is 0 Å². The van der Waals surface area contributed by atoms with Crippen LogP contribution in [0.4, 0.5) is 0 Å². The molecular formula is C15H18N2O4. The number of hydrogen-bond donors (Lipinski definition) is 1.